The normalized spacial score (nSPS) is 14.5. The minimum absolute atomic E-state index is 0.154. The summed E-state index contributed by atoms with van der Waals surface area (Å²) >= 11 is 0. The Bertz CT molecular complexity index is 1030. The minimum Gasteiger partial charge on any atom is -0.377 e. The Morgan fingerprint density at radius 1 is 0.966 bits per heavy atom. The predicted molar refractivity (Wildman–Crippen MR) is 116 cm³/mol. The second-order valence-electron chi connectivity index (χ2n) is 7.57. The van der Waals surface area contributed by atoms with E-state index in [0.717, 1.165) is 36.6 Å². The van der Waals surface area contributed by atoms with Gasteiger partial charge in [-0.3, -0.25) is 14.6 Å². The molecule has 3 aromatic rings. The largest absolute Gasteiger partial charge is 0.377 e. The van der Waals surface area contributed by atoms with Crippen molar-refractivity contribution in [2.45, 2.75) is 32.1 Å². The van der Waals surface area contributed by atoms with Crippen LogP contribution >= 0.6 is 0 Å². The number of ketones is 1. The van der Waals surface area contributed by atoms with Crippen LogP contribution in [0.1, 0.15) is 42.5 Å². The number of benzene rings is 2. The van der Waals surface area contributed by atoms with Gasteiger partial charge in [0.1, 0.15) is 0 Å². The van der Waals surface area contributed by atoms with Crippen molar-refractivity contribution in [3.63, 3.8) is 0 Å². The number of para-hydroxylation sites is 2. The van der Waals surface area contributed by atoms with Crippen molar-refractivity contribution in [3.8, 4) is 0 Å². The molecule has 29 heavy (non-hydrogen) atoms. The number of nitrogens with one attached hydrogen (secondary N) is 2. The minimum atomic E-state index is -0.227. The summed E-state index contributed by atoms with van der Waals surface area (Å²) in [4.78, 5) is 29.7. The molecule has 1 saturated carbocycles. The van der Waals surface area contributed by atoms with Crippen LogP contribution in [0.15, 0.2) is 60.8 Å². The lowest BCUT2D eigenvalue weighted by atomic mass is 9.86. The fourth-order valence-corrected chi connectivity index (χ4v) is 3.92. The maximum absolute atomic E-state index is 12.9. The number of anilines is 2. The first-order valence-corrected chi connectivity index (χ1v) is 10.2. The highest BCUT2D eigenvalue weighted by molar-refractivity contribution is 6.08. The number of fused-ring (bicyclic) bond motifs is 1. The summed E-state index contributed by atoms with van der Waals surface area (Å²) in [6.07, 6.45) is 7.12. The van der Waals surface area contributed by atoms with Crippen molar-refractivity contribution in [3.05, 3.63) is 66.4 Å². The van der Waals surface area contributed by atoms with Crippen LogP contribution in [-0.2, 0) is 4.79 Å². The van der Waals surface area contributed by atoms with E-state index in [1.165, 1.54) is 6.42 Å². The van der Waals surface area contributed by atoms with E-state index < -0.39 is 0 Å². The van der Waals surface area contributed by atoms with Crippen LogP contribution < -0.4 is 10.6 Å². The van der Waals surface area contributed by atoms with Crippen molar-refractivity contribution >= 4 is 34.0 Å². The van der Waals surface area contributed by atoms with Crippen molar-refractivity contribution in [2.24, 2.45) is 5.92 Å². The number of aromatic nitrogens is 1. The van der Waals surface area contributed by atoms with E-state index >= 15 is 0 Å². The van der Waals surface area contributed by atoms with E-state index in [-0.39, 0.29) is 24.2 Å². The molecule has 1 aliphatic carbocycles. The Balaban J connectivity index is 1.45. The number of pyridine rings is 1. The molecule has 148 valence electrons. The Kier molecular flexibility index (Phi) is 5.84. The SMILES string of the molecule is O=C(Nc1cnc2ccccc2c1)c1ccccc1NCC(=O)C1CCCCC1. The molecule has 0 unspecified atom stereocenters. The van der Waals surface area contributed by atoms with Crippen LogP contribution in [-0.4, -0.2) is 23.2 Å². The van der Waals surface area contributed by atoms with E-state index in [4.69, 9.17) is 0 Å². The second kappa shape index (κ2) is 8.86. The topological polar surface area (TPSA) is 71.1 Å². The quantitative estimate of drug-likeness (QED) is 0.621. The Hall–Kier alpha value is -3.21. The lowest BCUT2D eigenvalue weighted by molar-refractivity contribution is -0.122. The monoisotopic (exact) mass is 387 g/mol. The van der Waals surface area contributed by atoms with Gasteiger partial charge in [0.25, 0.3) is 5.91 Å². The fraction of sp³-hybridized carbons (Fsp3) is 0.292. The molecule has 1 amide bonds. The first kappa shape index (κ1) is 19.1. The smallest absolute Gasteiger partial charge is 0.257 e. The van der Waals surface area contributed by atoms with E-state index in [1.807, 2.05) is 48.5 Å². The van der Waals surface area contributed by atoms with Crippen molar-refractivity contribution in [1.29, 1.82) is 0 Å². The number of amides is 1. The molecule has 0 saturated heterocycles. The van der Waals surface area contributed by atoms with Crippen LogP contribution in [0.2, 0.25) is 0 Å². The van der Waals surface area contributed by atoms with Gasteiger partial charge in [-0.2, -0.15) is 0 Å². The van der Waals surface area contributed by atoms with E-state index in [1.54, 1.807) is 12.3 Å². The highest BCUT2D eigenvalue weighted by atomic mass is 16.1. The fourth-order valence-electron chi connectivity index (χ4n) is 3.92. The van der Waals surface area contributed by atoms with Gasteiger partial charge >= 0.3 is 0 Å². The molecule has 0 atom stereocenters. The van der Waals surface area contributed by atoms with Gasteiger partial charge in [-0.15, -0.1) is 0 Å². The molecule has 0 aliphatic heterocycles. The van der Waals surface area contributed by atoms with Crippen molar-refractivity contribution < 1.29 is 9.59 Å². The number of hydrogen-bond donors (Lipinski definition) is 2. The van der Waals surface area contributed by atoms with Gasteiger partial charge in [-0.25, -0.2) is 0 Å². The summed E-state index contributed by atoms with van der Waals surface area (Å²) < 4.78 is 0. The Labute approximate surface area is 170 Å². The molecule has 0 bridgehead atoms. The van der Waals surface area contributed by atoms with Gasteiger partial charge < -0.3 is 10.6 Å². The van der Waals surface area contributed by atoms with Gasteiger partial charge in [0.05, 0.1) is 29.5 Å². The van der Waals surface area contributed by atoms with Crippen LogP contribution in [0.3, 0.4) is 0 Å². The zero-order valence-electron chi connectivity index (χ0n) is 16.4. The average molecular weight is 387 g/mol. The standard InChI is InChI=1S/C24H25N3O2/c28-23(17-8-2-1-3-9-17)16-26-22-13-7-5-11-20(22)24(29)27-19-14-18-10-4-6-12-21(18)25-15-19/h4-7,10-15,17,26H,1-3,8-9,16H2,(H,27,29). The lowest BCUT2D eigenvalue weighted by Gasteiger charge is -2.21. The van der Waals surface area contributed by atoms with Crippen LogP contribution in [0.5, 0.6) is 0 Å². The molecular weight excluding hydrogens is 362 g/mol. The van der Waals surface area contributed by atoms with Gasteiger partial charge in [0.15, 0.2) is 5.78 Å². The zero-order chi connectivity index (χ0) is 20.1. The molecule has 1 heterocycles. The molecule has 4 rings (SSSR count). The average Bonchev–Trinajstić information content (AvgIpc) is 2.78. The molecular formula is C24H25N3O2. The Morgan fingerprint density at radius 2 is 1.72 bits per heavy atom. The number of carbonyl (C=O) groups excluding carboxylic acids is 2. The molecule has 1 aliphatic rings. The van der Waals surface area contributed by atoms with E-state index in [2.05, 4.69) is 15.6 Å². The summed E-state index contributed by atoms with van der Waals surface area (Å²) in [5, 5.41) is 7.06. The molecule has 1 fully saturated rings. The zero-order valence-corrected chi connectivity index (χ0v) is 16.4. The molecule has 5 heteroatoms. The maximum Gasteiger partial charge on any atom is 0.257 e. The number of rotatable bonds is 6. The second-order valence-corrected chi connectivity index (χ2v) is 7.57. The van der Waals surface area contributed by atoms with Crippen molar-refractivity contribution in [2.75, 3.05) is 17.2 Å². The first-order chi connectivity index (χ1) is 14.2. The number of Topliss-reactive ketones (excluding diaryl/α,β-unsaturated/α-hetero) is 1. The summed E-state index contributed by atoms with van der Waals surface area (Å²) in [6, 6.07) is 17.0. The van der Waals surface area contributed by atoms with Gasteiger partial charge in [0, 0.05) is 17.0 Å². The first-order valence-electron chi connectivity index (χ1n) is 10.2. The van der Waals surface area contributed by atoms with Crippen LogP contribution in [0.4, 0.5) is 11.4 Å². The highest BCUT2D eigenvalue weighted by Crippen LogP contribution is 2.25. The number of nitrogens with zero attached hydrogens (tertiary/aromatic N) is 1. The molecule has 0 radical (unpaired) electrons. The maximum atomic E-state index is 12.9. The molecule has 2 N–H and O–H groups in total. The van der Waals surface area contributed by atoms with Crippen LogP contribution in [0, 0.1) is 5.92 Å². The summed E-state index contributed by atoms with van der Waals surface area (Å²) in [5.74, 6) is 0.162. The van der Waals surface area contributed by atoms with Gasteiger partial charge in [-0.1, -0.05) is 49.6 Å². The third-order valence-corrected chi connectivity index (χ3v) is 5.53. The Morgan fingerprint density at radius 3 is 2.59 bits per heavy atom. The third kappa shape index (κ3) is 4.62. The number of hydrogen-bond acceptors (Lipinski definition) is 4. The summed E-state index contributed by atoms with van der Waals surface area (Å²) in [6.45, 7) is 0.256. The molecule has 1 aromatic heterocycles. The van der Waals surface area contributed by atoms with E-state index in [9.17, 15) is 9.59 Å². The van der Waals surface area contributed by atoms with Crippen LogP contribution in [0.25, 0.3) is 10.9 Å². The van der Waals surface area contributed by atoms with Crippen molar-refractivity contribution in [1.82, 2.24) is 4.98 Å². The lowest BCUT2D eigenvalue weighted by Crippen LogP contribution is -2.25. The predicted octanol–water partition coefficient (Wildman–Crippen LogP) is 5.05. The highest BCUT2D eigenvalue weighted by Gasteiger charge is 2.21. The summed E-state index contributed by atoms with van der Waals surface area (Å²) in [7, 11) is 0. The molecule has 5 nitrogen and oxygen atoms in total. The number of carbonyl (C=O) groups is 2. The molecule has 0 spiro atoms. The molecule has 2 aromatic carbocycles. The summed E-state index contributed by atoms with van der Waals surface area (Å²) in [5.41, 5.74) is 2.70. The van der Waals surface area contributed by atoms with Gasteiger partial charge in [0.2, 0.25) is 0 Å². The van der Waals surface area contributed by atoms with E-state index in [0.29, 0.717) is 16.9 Å². The third-order valence-electron chi connectivity index (χ3n) is 5.53. The van der Waals surface area contributed by atoms with Gasteiger partial charge in [-0.05, 0) is 37.1 Å².